The molecular formula is C32H33F3N8O2. The SMILES string of the molecule is Cc1ccc(C(=O)Nc2ccc(CN3CCN(C)CC3)c(C(F)(F)F)c2)cc1C#Cc1cnc(Nc2cnn(CCO)c2)nc1. The fourth-order valence-corrected chi connectivity index (χ4v) is 4.78. The second-order valence-electron chi connectivity index (χ2n) is 10.8. The van der Waals surface area contributed by atoms with Gasteiger partial charge in [0, 0.05) is 68.1 Å². The van der Waals surface area contributed by atoms with Gasteiger partial charge in [0.15, 0.2) is 0 Å². The Morgan fingerprint density at radius 1 is 1.00 bits per heavy atom. The van der Waals surface area contributed by atoms with Gasteiger partial charge in [0.05, 0.1) is 36.2 Å². The van der Waals surface area contributed by atoms with Gasteiger partial charge in [-0.1, -0.05) is 24.0 Å². The van der Waals surface area contributed by atoms with Gasteiger partial charge in [-0.25, -0.2) is 9.97 Å². The molecule has 4 aromatic rings. The third-order valence-corrected chi connectivity index (χ3v) is 7.37. The van der Waals surface area contributed by atoms with Gasteiger partial charge in [-0.05, 0) is 49.4 Å². The van der Waals surface area contributed by atoms with Crippen molar-refractivity contribution in [2.45, 2.75) is 26.2 Å². The fraction of sp³-hybridized carbons (Fsp3) is 0.312. The van der Waals surface area contributed by atoms with Crippen LogP contribution in [0.4, 0.5) is 30.5 Å². The minimum atomic E-state index is -4.56. The number of hydrogen-bond acceptors (Lipinski definition) is 8. The standard InChI is InChI=1S/C32H33F3N8O2/c1-22-3-5-25(15-24(22)6-4-23-17-36-31(37-18-23)40-28-19-38-43(21-28)13-14-44)30(45)39-27-8-7-26(29(16-27)32(33,34)35)20-42-11-9-41(2)10-12-42/h3,5,7-8,15-19,21,44H,9-14,20H2,1-2H3,(H,39,45)(H,36,37,40). The maximum atomic E-state index is 14.0. The van der Waals surface area contributed by atoms with E-state index in [2.05, 4.69) is 42.4 Å². The number of piperazine rings is 1. The highest BCUT2D eigenvalue weighted by molar-refractivity contribution is 6.04. The first-order valence-electron chi connectivity index (χ1n) is 14.3. The Morgan fingerprint density at radius 3 is 2.47 bits per heavy atom. The first kappa shape index (κ1) is 31.6. The molecule has 13 heteroatoms. The van der Waals surface area contributed by atoms with Crippen LogP contribution in [0.1, 0.15) is 38.2 Å². The third kappa shape index (κ3) is 8.45. The van der Waals surface area contributed by atoms with Crippen molar-refractivity contribution in [3.05, 3.63) is 94.6 Å². The molecule has 5 rings (SSSR count). The third-order valence-electron chi connectivity index (χ3n) is 7.37. The van der Waals surface area contributed by atoms with Crippen molar-refractivity contribution in [3.8, 4) is 11.8 Å². The van der Waals surface area contributed by atoms with E-state index in [4.69, 9.17) is 5.11 Å². The summed E-state index contributed by atoms with van der Waals surface area (Å²) in [7, 11) is 1.99. The van der Waals surface area contributed by atoms with E-state index in [0.717, 1.165) is 24.7 Å². The minimum Gasteiger partial charge on any atom is -0.394 e. The predicted octanol–water partition coefficient (Wildman–Crippen LogP) is 4.14. The molecule has 1 amide bonds. The number of carbonyl (C=O) groups excluding carboxylic acids is 1. The largest absolute Gasteiger partial charge is 0.416 e. The van der Waals surface area contributed by atoms with E-state index in [9.17, 15) is 18.0 Å². The number of nitrogens with zero attached hydrogens (tertiary/aromatic N) is 6. The summed E-state index contributed by atoms with van der Waals surface area (Å²) in [4.78, 5) is 25.7. The van der Waals surface area contributed by atoms with Crippen LogP contribution in [0.25, 0.3) is 0 Å². The van der Waals surface area contributed by atoms with Crippen molar-refractivity contribution in [3.63, 3.8) is 0 Å². The normalized spacial score (nSPS) is 14.1. The molecule has 1 saturated heterocycles. The molecular weight excluding hydrogens is 585 g/mol. The van der Waals surface area contributed by atoms with Crippen LogP contribution in [-0.2, 0) is 19.3 Å². The number of carbonyl (C=O) groups is 1. The van der Waals surface area contributed by atoms with Gasteiger partial charge >= 0.3 is 6.18 Å². The number of aromatic nitrogens is 4. The smallest absolute Gasteiger partial charge is 0.394 e. The van der Waals surface area contributed by atoms with Crippen LogP contribution in [-0.4, -0.2) is 80.4 Å². The molecule has 0 bridgehead atoms. The average molecular weight is 619 g/mol. The summed E-state index contributed by atoms with van der Waals surface area (Å²) in [5, 5.41) is 18.8. The number of aliphatic hydroxyl groups is 1. The number of benzene rings is 2. The van der Waals surface area contributed by atoms with E-state index in [1.54, 1.807) is 47.7 Å². The molecule has 0 aliphatic carbocycles. The number of aryl methyl sites for hydroxylation is 1. The van der Waals surface area contributed by atoms with Gasteiger partial charge < -0.3 is 20.6 Å². The topological polar surface area (TPSA) is 111 Å². The molecule has 0 saturated carbocycles. The Hall–Kier alpha value is -4.77. The van der Waals surface area contributed by atoms with Crippen molar-refractivity contribution in [2.24, 2.45) is 0 Å². The second kappa shape index (κ2) is 13.9. The lowest BCUT2D eigenvalue weighted by molar-refractivity contribution is -0.138. The number of likely N-dealkylation sites (N-methyl/N-ethyl adjacent to an activating group) is 1. The van der Waals surface area contributed by atoms with Crippen LogP contribution >= 0.6 is 0 Å². The summed E-state index contributed by atoms with van der Waals surface area (Å²) >= 11 is 0. The quantitative estimate of drug-likeness (QED) is 0.253. The van der Waals surface area contributed by atoms with Crippen molar-refractivity contribution < 1.29 is 23.1 Å². The van der Waals surface area contributed by atoms with E-state index < -0.39 is 17.6 Å². The lowest BCUT2D eigenvalue weighted by Gasteiger charge is -2.33. The monoisotopic (exact) mass is 618 g/mol. The highest BCUT2D eigenvalue weighted by atomic mass is 19.4. The molecule has 45 heavy (non-hydrogen) atoms. The number of aliphatic hydroxyl groups excluding tert-OH is 1. The summed E-state index contributed by atoms with van der Waals surface area (Å²) in [6, 6.07) is 8.89. The molecule has 0 spiro atoms. The van der Waals surface area contributed by atoms with Gasteiger partial charge in [-0.15, -0.1) is 0 Å². The Bertz CT molecular complexity index is 1700. The molecule has 1 fully saturated rings. The molecule has 10 nitrogen and oxygen atoms in total. The van der Waals surface area contributed by atoms with E-state index in [1.165, 1.54) is 12.1 Å². The van der Waals surface area contributed by atoms with Gasteiger partial charge in [-0.2, -0.15) is 18.3 Å². The van der Waals surface area contributed by atoms with Gasteiger partial charge in [0.25, 0.3) is 5.91 Å². The van der Waals surface area contributed by atoms with Crippen LogP contribution in [0.3, 0.4) is 0 Å². The van der Waals surface area contributed by atoms with Crippen LogP contribution in [0, 0.1) is 18.8 Å². The van der Waals surface area contributed by atoms with Gasteiger partial charge in [0.1, 0.15) is 0 Å². The second-order valence-corrected chi connectivity index (χ2v) is 10.8. The Balaban J connectivity index is 1.26. The number of amides is 1. The Kier molecular flexibility index (Phi) is 9.77. The number of anilines is 3. The van der Waals surface area contributed by atoms with Crippen LogP contribution < -0.4 is 10.6 Å². The molecule has 1 aliphatic rings. The minimum absolute atomic E-state index is 0.0216. The van der Waals surface area contributed by atoms with Crippen molar-refractivity contribution >= 4 is 23.2 Å². The number of halogens is 3. The number of nitrogens with one attached hydrogen (secondary N) is 2. The van der Waals surface area contributed by atoms with Crippen LogP contribution in [0.5, 0.6) is 0 Å². The summed E-state index contributed by atoms with van der Waals surface area (Å²) < 4.78 is 43.6. The summed E-state index contributed by atoms with van der Waals surface area (Å²) in [6.07, 6.45) is 1.87. The maximum absolute atomic E-state index is 14.0. The zero-order valence-electron chi connectivity index (χ0n) is 24.9. The van der Waals surface area contributed by atoms with E-state index in [0.29, 0.717) is 42.4 Å². The Morgan fingerprint density at radius 2 is 1.76 bits per heavy atom. The molecule has 2 aromatic carbocycles. The molecule has 0 radical (unpaired) electrons. The van der Waals surface area contributed by atoms with Crippen LogP contribution in [0.2, 0.25) is 0 Å². The molecule has 0 atom stereocenters. The molecule has 0 unspecified atom stereocenters. The highest BCUT2D eigenvalue weighted by Crippen LogP contribution is 2.34. The molecule has 234 valence electrons. The fourth-order valence-electron chi connectivity index (χ4n) is 4.78. The molecule has 3 N–H and O–H groups in total. The first-order valence-corrected chi connectivity index (χ1v) is 14.3. The lowest BCUT2D eigenvalue weighted by Crippen LogP contribution is -2.44. The molecule has 3 heterocycles. The van der Waals surface area contributed by atoms with Crippen molar-refractivity contribution in [1.29, 1.82) is 0 Å². The zero-order chi connectivity index (χ0) is 32.0. The van der Waals surface area contributed by atoms with Gasteiger partial charge in [-0.3, -0.25) is 14.4 Å². The lowest BCUT2D eigenvalue weighted by atomic mass is 10.0. The highest BCUT2D eigenvalue weighted by Gasteiger charge is 2.34. The van der Waals surface area contributed by atoms with Gasteiger partial charge in [0.2, 0.25) is 5.95 Å². The molecule has 1 aliphatic heterocycles. The summed E-state index contributed by atoms with van der Waals surface area (Å²) in [5.74, 6) is 5.82. The summed E-state index contributed by atoms with van der Waals surface area (Å²) in [5.41, 5.74) is 2.37. The summed E-state index contributed by atoms with van der Waals surface area (Å²) in [6.45, 7) is 5.39. The molecule has 2 aromatic heterocycles. The maximum Gasteiger partial charge on any atom is 0.416 e. The van der Waals surface area contributed by atoms with Crippen molar-refractivity contribution in [2.75, 3.05) is 50.5 Å². The van der Waals surface area contributed by atoms with E-state index in [-0.39, 0.29) is 30.0 Å². The number of hydrogen-bond donors (Lipinski definition) is 3. The van der Waals surface area contributed by atoms with Crippen molar-refractivity contribution in [1.82, 2.24) is 29.5 Å². The number of alkyl halides is 3. The average Bonchev–Trinajstić information content (AvgIpc) is 3.45. The zero-order valence-corrected chi connectivity index (χ0v) is 24.9. The first-order chi connectivity index (χ1) is 21.6. The predicted molar refractivity (Wildman–Crippen MR) is 164 cm³/mol. The van der Waals surface area contributed by atoms with Crippen LogP contribution in [0.15, 0.2) is 61.2 Å². The Labute approximate surface area is 258 Å². The number of rotatable bonds is 8. The van der Waals surface area contributed by atoms with E-state index >= 15 is 0 Å². The van der Waals surface area contributed by atoms with E-state index in [1.807, 2.05) is 18.9 Å².